The second-order valence-electron chi connectivity index (χ2n) is 6.76. The third kappa shape index (κ3) is 7.57. The van der Waals surface area contributed by atoms with E-state index in [1.54, 1.807) is 6.26 Å². The van der Waals surface area contributed by atoms with E-state index in [0.717, 1.165) is 30.2 Å². The number of hydrogen-bond donors (Lipinski definition) is 0. The van der Waals surface area contributed by atoms with Crippen LogP contribution in [0.1, 0.15) is 57.6 Å². The molecule has 0 N–H and O–H groups in total. The van der Waals surface area contributed by atoms with Gasteiger partial charge in [-0.1, -0.05) is 44.8 Å². The molecule has 0 fully saturated rings. The highest BCUT2D eigenvalue weighted by molar-refractivity contribution is 6.87. The van der Waals surface area contributed by atoms with Crippen molar-refractivity contribution >= 4 is 19.4 Å². The van der Waals surface area contributed by atoms with Gasteiger partial charge in [0.15, 0.2) is 6.10 Å². The van der Waals surface area contributed by atoms with Crippen molar-refractivity contribution in [3.05, 3.63) is 17.9 Å². The first-order chi connectivity index (χ1) is 11.3. The van der Waals surface area contributed by atoms with Gasteiger partial charge >= 0.3 is 5.97 Å². The quantitative estimate of drug-likeness (QED) is 0.332. The zero-order valence-corrected chi connectivity index (χ0v) is 16.5. The zero-order chi connectivity index (χ0) is 18.0. The summed E-state index contributed by atoms with van der Waals surface area (Å²) in [5.74, 6) is 12.0. The molecule has 0 saturated heterocycles. The Kier molecular flexibility index (Phi) is 8.44. The van der Waals surface area contributed by atoms with Crippen LogP contribution in [0.2, 0.25) is 19.6 Å². The van der Waals surface area contributed by atoms with Crippen molar-refractivity contribution in [1.29, 1.82) is 0 Å². The fraction of sp³-hybridized carbons (Fsp3) is 0.550. The molecule has 0 aliphatic carbocycles. The topological polar surface area (TPSA) is 39.4 Å². The molecular weight excluding hydrogens is 316 g/mol. The molecule has 0 saturated carbocycles. The van der Waals surface area contributed by atoms with Gasteiger partial charge in [0.25, 0.3) is 0 Å². The molecule has 4 heteroatoms. The highest BCUT2D eigenvalue weighted by atomic mass is 28.3. The number of rotatable bonds is 6. The molecule has 1 atom stereocenters. The average Bonchev–Trinajstić information content (AvgIpc) is 2.98. The molecule has 130 valence electrons. The second kappa shape index (κ2) is 10.1. The van der Waals surface area contributed by atoms with Crippen LogP contribution in [0.15, 0.2) is 16.7 Å². The van der Waals surface area contributed by atoms with Gasteiger partial charge in [-0.25, -0.2) is 0 Å². The van der Waals surface area contributed by atoms with Crippen molar-refractivity contribution < 1.29 is 13.9 Å². The minimum Gasteiger partial charge on any atom is -0.474 e. The lowest BCUT2D eigenvalue weighted by Gasteiger charge is -2.11. The van der Waals surface area contributed by atoms with Crippen LogP contribution in [0.4, 0.5) is 0 Å². The molecule has 1 aromatic heterocycles. The third-order valence-corrected chi connectivity index (χ3v) is 5.07. The largest absolute Gasteiger partial charge is 0.474 e. The van der Waals surface area contributed by atoms with Gasteiger partial charge in [-0.15, -0.1) is 11.8 Å². The maximum absolute atomic E-state index is 11.3. The first-order valence-electron chi connectivity index (χ1n) is 8.54. The molecule has 1 heterocycles. The highest BCUT2D eigenvalue weighted by Crippen LogP contribution is 2.18. The smallest absolute Gasteiger partial charge is 0.304 e. The van der Waals surface area contributed by atoms with E-state index in [1.165, 1.54) is 13.3 Å². The summed E-state index contributed by atoms with van der Waals surface area (Å²) in [6.45, 7) is 10.2. The Morgan fingerprint density at radius 1 is 1.21 bits per heavy atom. The van der Waals surface area contributed by atoms with Crippen LogP contribution >= 0.6 is 0 Å². The zero-order valence-electron chi connectivity index (χ0n) is 15.5. The fourth-order valence-corrected chi connectivity index (χ4v) is 2.97. The van der Waals surface area contributed by atoms with E-state index in [-0.39, 0.29) is 5.97 Å². The van der Waals surface area contributed by atoms with Gasteiger partial charge in [-0.2, -0.15) is 0 Å². The Hall–Kier alpha value is -1.91. The molecule has 24 heavy (non-hydrogen) atoms. The van der Waals surface area contributed by atoms with E-state index in [0.29, 0.717) is 6.42 Å². The van der Waals surface area contributed by atoms with E-state index >= 15 is 0 Å². The number of carbonyl (C=O) groups excluding carboxylic acids is 1. The maximum atomic E-state index is 11.3. The molecule has 3 nitrogen and oxygen atoms in total. The molecule has 0 aliphatic rings. The number of ether oxygens (including phenoxy) is 1. The van der Waals surface area contributed by atoms with E-state index in [9.17, 15) is 4.79 Å². The average molecular weight is 345 g/mol. The normalized spacial score (nSPS) is 11.7. The van der Waals surface area contributed by atoms with Gasteiger partial charge in [-0.05, 0) is 12.5 Å². The van der Waals surface area contributed by atoms with Gasteiger partial charge in [0.1, 0.15) is 8.07 Å². The summed E-state index contributed by atoms with van der Waals surface area (Å²) in [6, 6.07) is 1.97. The monoisotopic (exact) mass is 344 g/mol. The molecule has 0 amide bonds. The van der Waals surface area contributed by atoms with Crippen molar-refractivity contribution in [2.24, 2.45) is 0 Å². The Labute approximate surface area is 147 Å². The summed E-state index contributed by atoms with van der Waals surface area (Å²) in [7, 11) is -1.53. The van der Waals surface area contributed by atoms with Crippen molar-refractivity contribution in [3.8, 4) is 23.7 Å². The van der Waals surface area contributed by atoms with Gasteiger partial charge < -0.3 is 9.15 Å². The van der Waals surface area contributed by atoms with E-state index in [2.05, 4.69) is 50.2 Å². The highest BCUT2D eigenvalue weighted by Gasteiger charge is 2.23. The SMILES string of the molecule is CCCCC#CCCC#CC(OC(C)=O)c1coc([Si](C)(C)C)c1. The summed E-state index contributed by atoms with van der Waals surface area (Å²) in [4.78, 5) is 11.3. The Balaban J connectivity index is 2.69. The van der Waals surface area contributed by atoms with Gasteiger partial charge in [0, 0.05) is 31.7 Å². The minimum absolute atomic E-state index is 0.343. The maximum Gasteiger partial charge on any atom is 0.304 e. The molecule has 0 aromatic carbocycles. The van der Waals surface area contributed by atoms with Gasteiger partial charge in [0.05, 0.1) is 11.6 Å². The third-order valence-electron chi connectivity index (χ3n) is 3.33. The van der Waals surface area contributed by atoms with Crippen molar-refractivity contribution in [2.45, 2.75) is 71.7 Å². The number of carbonyl (C=O) groups is 1. The Bertz CT molecular complexity index is 644. The summed E-state index contributed by atoms with van der Waals surface area (Å²) < 4.78 is 11.0. The summed E-state index contributed by atoms with van der Waals surface area (Å²) in [6.07, 6.45) is 5.78. The number of furan rings is 1. The molecule has 1 rings (SSSR count). The van der Waals surface area contributed by atoms with Gasteiger partial charge in [0.2, 0.25) is 0 Å². The Morgan fingerprint density at radius 3 is 2.46 bits per heavy atom. The van der Waals surface area contributed by atoms with Crippen molar-refractivity contribution in [3.63, 3.8) is 0 Å². The van der Waals surface area contributed by atoms with E-state index < -0.39 is 14.2 Å². The van der Waals surface area contributed by atoms with Crippen molar-refractivity contribution in [2.75, 3.05) is 0 Å². The second-order valence-corrected chi connectivity index (χ2v) is 11.8. The summed E-state index contributed by atoms with van der Waals surface area (Å²) in [5.41, 5.74) is 0.809. The number of hydrogen-bond acceptors (Lipinski definition) is 3. The van der Waals surface area contributed by atoms with Crippen LogP contribution in [0.25, 0.3) is 0 Å². The van der Waals surface area contributed by atoms with Crippen LogP contribution < -0.4 is 5.38 Å². The first-order valence-corrected chi connectivity index (χ1v) is 12.0. The van der Waals surface area contributed by atoms with Gasteiger partial charge in [-0.3, -0.25) is 4.79 Å². The number of esters is 1. The van der Waals surface area contributed by atoms with Crippen molar-refractivity contribution in [1.82, 2.24) is 0 Å². The van der Waals surface area contributed by atoms with Crippen LogP contribution in [-0.2, 0) is 9.53 Å². The Morgan fingerprint density at radius 2 is 1.88 bits per heavy atom. The molecule has 1 unspecified atom stereocenters. The molecule has 0 aliphatic heterocycles. The fourth-order valence-electron chi connectivity index (χ4n) is 1.96. The molecule has 0 bridgehead atoms. The predicted octanol–water partition coefficient (Wildman–Crippen LogP) is 4.41. The van der Waals surface area contributed by atoms with Crippen LogP contribution in [0.5, 0.6) is 0 Å². The lowest BCUT2D eigenvalue weighted by atomic mass is 10.2. The lowest BCUT2D eigenvalue weighted by Crippen LogP contribution is -2.36. The molecular formula is C20H28O3Si. The van der Waals surface area contributed by atoms with E-state index in [4.69, 9.17) is 9.15 Å². The lowest BCUT2D eigenvalue weighted by molar-refractivity contribution is -0.144. The first kappa shape index (κ1) is 20.1. The molecule has 0 radical (unpaired) electrons. The predicted molar refractivity (Wildman–Crippen MR) is 101 cm³/mol. The molecule has 0 spiro atoms. The standard InChI is InChI=1S/C20H28O3Si/c1-6-7-8-9-10-11-12-13-14-19(23-17(2)21)18-15-20(22-16-18)24(3,4)5/h15-16,19H,6-8,11-12H2,1-5H3. The number of unbranched alkanes of at least 4 members (excludes halogenated alkanes) is 3. The summed E-state index contributed by atoms with van der Waals surface area (Å²) >= 11 is 0. The summed E-state index contributed by atoms with van der Waals surface area (Å²) in [5, 5.41) is 0.984. The van der Waals surface area contributed by atoms with Crippen LogP contribution in [0.3, 0.4) is 0 Å². The molecule has 1 aromatic rings. The van der Waals surface area contributed by atoms with Crippen LogP contribution in [-0.4, -0.2) is 14.0 Å². The minimum atomic E-state index is -1.53. The van der Waals surface area contributed by atoms with Crippen LogP contribution in [0, 0.1) is 23.7 Å². The van der Waals surface area contributed by atoms with E-state index in [1.807, 2.05) is 6.07 Å².